The minimum Gasteiger partial charge on any atom is -0.103 e. The maximum atomic E-state index is 5.13. The van der Waals surface area contributed by atoms with Gasteiger partial charge in [-0.3, -0.25) is 0 Å². The van der Waals surface area contributed by atoms with Gasteiger partial charge >= 0.3 is 23.1 Å². The second kappa shape index (κ2) is 12.1. The molecule has 0 spiro atoms. The topological polar surface area (TPSA) is 0 Å². The molecule has 0 radical (unpaired) electrons. The smallest absolute Gasteiger partial charge is 0.103 e. The van der Waals surface area contributed by atoms with E-state index >= 15 is 0 Å². The van der Waals surface area contributed by atoms with Gasteiger partial charge in [0, 0.05) is 11.8 Å². The first-order valence-electron chi connectivity index (χ1n) is 3.11. The van der Waals surface area contributed by atoms with Gasteiger partial charge in [0.15, 0.2) is 0 Å². The molecular weight excluding hydrogens is 156 g/mol. The van der Waals surface area contributed by atoms with Crippen molar-refractivity contribution in [1.82, 2.24) is 0 Å². The highest BCUT2D eigenvalue weighted by Crippen LogP contribution is 1.98. The Kier molecular flexibility index (Phi) is 15.7. The zero-order valence-corrected chi connectivity index (χ0v) is 6.25. The van der Waals surface area contributed by atoms with Gasteiger partial charge in [0.2, 0.25) is 0 Å². The lowest BCUT2D eigenvalue weighted by molar-refractivity contribution is 0.773. The van der Waals surface area contributed by atoms with E-state index in [1.165, 1.54) is 6.42 Å². The molecule has 0 amide bonds. The van der Waals surface area contributed by atoms with Crippen LogP contribution < -0.4 is 0 Å². The molecule has 0 unspecified atom stereocenters. The number of rotatable bonds is 4. The molecule has 0 aliphatic rings. The molecule has 0 nitrogen and oxygen atoms in total. The van der Waals surface area contributed by atoms with Gasteiger partial charge in [-0.05, 0) is 30.9 Å². The van der Waals surface area contributed by atoms with E-state index in [9.17, 15) is 0 Å². The lowest BCUT2D eigenvalue weighted by Gasteiger charge is -1.87. The zero-order chi connectivity index (χ0) is 6.95. The molecule has 0 N–H and O–H groups in total. The van der Waals surface area contributed by atoms with Crippen LogP contribution in [0.4, 0.5) is 0 Å². The third kappa shape index (κ3) is 11.2. The molecule has 0 saturated carbocycles. The Morgan fingerprint density at radius 3 is 2.60 bits per heavy atom. The molecule has 0 atom stereocenters. The van der Waals surface area contributed by atoms with E-state index in [2.05, 4.69) is 17.9 Å². The fourth-order valence-electron chi connectivity index (χ4n) is 0.549. The Morgan fingerprint density at radius 1 is 1.40 bits per heavy atom. The van der Waals surface area contributed by atoms with Crippen molar-refractivity contribution >= 4 is 34.7 Å². The van der Waals surface area contributed by atoms with Gasteiger partial charge in [0.05, 0.1) is 0 Å². The van der Waals surface area contributed by atoms with Crippen LogP contribution in [0.25, 0.3) is 0 Å². The van der Waals surface area contributed by atoms with Crippen molar-refractivity contribution in [2.24, 2.45) is 0 Å². The van der Waals surface area contributed by atoms with Crippen molar-refractivity contribution in [3.8, 4) is 11.3 Å². The van der Waals surface area contributed by atoms with E-state index < -0.39 is 0 Å². The van der Waals surface area contributed by atoms with E-state index in [0.717, 1.165) is 19.3 Å². The Labute approximate surface area is 84.2 Å². The van der Waals surface area contributed by atoms with E-state index in [4.69, 9.17) is 11.6 Å². The Morgan fingerprint density at radius 2 is 2.10 bits per heavy atom. The van der Waals surface area contributed by atoms with Crippen LogP contribution in [0, 0.1) is 11.3 Å². The molecule has 0 aromatic rings. The second-order valence-corrected chi connectivity index (χ2v) is 1.99. The largest absolute Gasteiger partial charge is 0.316 e. The third-order valence-electron chi connectivity index (χ3n) is 1.03. The monoisotopic (exact) mass is 168 g/mol. The van der Waals surface area contributed by atoms with Crippen LogP contribution in [0.3, 0.4) is 0 Å². The first-order valence-corrected chi connectivity index (χ1v) is 3.49. The number of halogens is 1. The van der Waals surface area contributed by atoms with Crippen LogP contribution >= 0.6 is 11.6 Å². The highest BCUT2D eigenvalue weighted by Gasteiger charge is 1.80. The van der Waals surface area contributed by atoms with Crippen molar-refractivity contribution in [3.63, 3.8) is 0 Å². The van der Waals surface area contributed by atoms with Gasteiger partial charge in [-0.1, -0.05) is 12.0 Å². The van der Waals surface area contributed by atoms with Crippen molar-refractivity contribution < 1.29 is 0 Å². The molecule has 0 aromatic heterocycles. The fourth-order valence-corrected chi connectivity index (χ4v) is 0.644. The maximum absolute atomic E-state index is 5.13. The highest BCUT2D eigenvalue weighted by molar-refractivity contribution is 6.30. The molecule has 54 valence electrons. The summed E-state index contributed by atoms with van der Waals surface area (Å²) in [5, 5.41) is 2.34. The molecule has 0 heterocycles. The van der Waals surface area contributed by atoms with Crippen LogP contribution in [-0.2, 0) is 0 Å². The van der Waals surface area contributed by atoms with E-state index in [1.807, 2.05) is 6.08 Å². The summed E-state index contributed by atoms with van der Waals surface area (Å²) in [6.07, 6.45) is 6.23. The summed E-state index contributed by atoms with van der Waals surface area (Å²) in [4.78, 5) is 0. The normalized spacial score (nSPS) is 6.90. The number of allylic oxidation sites excluding steroid dienone is 1. The van der Waals surface area contributed by atoms with Gasteiger partial charge in [0.1, 0.15) is 0 Å². The van der Waals surface area contributed by atoms with Crippen molar-refractivity contribution in [2.45, 2.75) is 25.7 Å². The van der Waals surface area contributed by atoms with Gasteiger partial charge in [-0.2, -0.15) is 0 Å². The lowest BCUT2D eigenvalue weighted by Crippen LogP contribution is -1.70. The molecule has 2 heteroatoms. The van der Waals surface area contributed by atoms with Gasteiger partial charge in [0.25, 0.3) is 0 Å². The Hall–Kier alpha value is 0.356. The molecule has 0 aliphatic carbocycles. The molecule has 0 aromatic carbocycles. The minimum atomic E-state index is 0. The third-order valence-corrected chi connectivity index (χ3v) is 1.16. The summed E-state index contributed by atoms with van der Waals surface area (Å²) in [5.74, 6) is 2.79. The maximum Gasteiger partial charge on any atom is 0.316 e. The molecule has 0 aliphatic heterocycles. The lowest BCUT2D eigenvalue weighted by atomic mass is 10.2. The molecule has 0 bridgehead atoms. The second-order valence-electron chi connectivity index (χ2n) is 1.81. The van der Waals surface area contributed by atoms with Gasteiger partial charge < -0.3 is 0 Å². The molecule has 10 heavy (non-hydrogen) atoms. The minimum absolute atomic E-state index is 0. The predicted molar refractivity (Wildman–Crippen MR) is 50.8 cm³/mol. The van der Waals surface area contributed by atoms with Crippen molar-refractivity contribution in [1.29, 1.82) is 0 Å². The van der Waals surface area contributed by atoms with Crippen LogP contribution in [0.1, 0.15) is 25.7 Å². The Bertz CT molecular complexity index is 121. The summed E-state index contributed by atoms with van der Waals surface area (Å²) >= 11 is 5.13. The average molecular weight is 169 g/mol. The van der Waals surface area contributed by atoms with Crippen molar-refractivity contribution in [3.05, 3.63) is 12.7 Å². The quantitative estimate of drug-likeness (QED) is 0.261. The highest BCUT2D eigenvalue weighted by atomic mass is 35.5. The molecule has 0 rings (SSSR count). The zero-order valence-electron chi connectivity index (χ0n) is 5.49. The summed E-state index contributed by atoms with van der Waals surface area (Å²) in [6, 6.07) is 0. The average Bonchev–Trinajstić information content (AvgIpc) is 1.89. The van der Waals surface area contributed by atoms with Crippen LogP contribution in [0.2, 0.25) is 0 Å². The SMILES string of the molecule is C=CCCCCC#CCl.[MgH2]. The summed E-state index contributed by atoms with van der Waals surface area (Å²) < 4.78 is 0. The number of unbranched alkanes of at least 4 members (excludes halogenated alkanes) is 3. The fraction of sp³-hybridized carbons (Fsp3) is 0.500. The summed E-state index contributed by atoms with van der Waals surface area (Å²) in [5.41, 5.74) is 0. The van der Waals surface area contributed by atoms with Crippen molar-refractivity contribution in [2.75, 3.05) is 0 Å². The predicted octanol–water partition coefficient (Wildman–Crippen LogP) is 2.02. The number of hydrogen-bond donors (Lipinski definition) is 0. The first-order chi connectivity index (χ1) is 4.41. The van der Waals surface area contributed by atoms with Crippen LogP contribution in [0.5, 0.6) is 0 Å². The van der Waals surface area contributed by atoms with Crippen LogP contribution in [-0.4, -0.2) is 23.1 Å². The van der Waals surface area contributed by atoms with E-state index in [-0.39, 0.29) is 23.1 Å². The molecule has 0 fully saturated rings. The standard InChI is InChI=1S/C8H11Cl.Mg.2H/c1-2-3-4-5-6-7-8-9;;;/h2H,1,3-6H2;;;. The molecular formula is C8H13ClMg. The summed E-state index contributed by atoms with van der Waals surface area (Å²) in [6.45, 7) is 3.62. The van der Waals surface area contributed by atoms with Gasteiger partial charge in [-0.25, -0.2) is 0 Å². The Balaban J connectivity index is 0. The first kappa shape index (κ1) is 13.0. The van der Waals surface area contributed by atoms with E-state index in [1.54, 1.807) is 0 Å². The van der Waals surface area contributed by atoms with E-state index in [0.29, 0.717) is 0 Å². The summed E-state index contributed by atoms with van der Waals surface area (Å²) in [7, 11) is 0. The van der Waals surface area contributed by atoms with Gasteiger partial charge in [-0.15, -0.1) is 6.58 Å². The number of hydrogen-bond acceptors (Lipinski definition) is 0. The van der Waals surface area contributed by atoms with Crippen LogP contribution in [0.15, 0.2) is 12.7 Å². The molecule has 0 saturated heterocycles.